The highest BCUT2D eigenvalue weighted by Gasteiger charge is 2.36. The van der Waals surface area contributed by atoms with E-state index in [1.807, 2.05) is 12.1 Å². The molecule has 1 N–H and O–H groups in total. The van der Waals surface area contributed by atoms with Crippen LogP contribution >= 0.6 is 11.8 Å². The number of nitrogens with zero attached hydrogens (tertiary/aromatic N) is 1. The molecule has 2 rings (SSSR count). The molecule has 0 saturated heterocycles. The quantitative estimate of drug-likeness (QED) is 0.791. The summed E-state index contributed by atoms with van der Waals surface area (Å²) in [7, 11) is 0. The van der Waals surface area contributed by atoms with E-state index in [1.165, 1.54) is 4.90 Å². The van der Waals surface area contributed by atoms with Gasteiger partial charge in [0.1, 0.15) is 5.54 Å². The van der Waals surface area contributed by atoms with Gasteiger partial charge in [0.2, 0.25) is 0 Å². The van der Waals surface area contributed by atoms with Crippen molar-refractivity contribution >= 4 is 17.4 Å². The lowest BCUT2D eigenvalue weighted by molar-refractivity contribution is 0.356. The van der Waals surface area contributed by atoms with Crippen molar-refractivity contribution in [2.75, 3.05) is 11.6 Å². The molecule has 1 aromatic carbocycles. The van der Waals surface area contributed by atoms with Crippen molar-refractivity contribution in [1.29, 1.82) is 5.26 Å². The first-order chi connectivity index (χ1) is 7.28. The zero-order valence-corrected chi connectivity index (χ0v) is 9.60. The summed E-state index contributed by atoms with van der Waals surface area (Å²) < 4.78 is 0. The summed E-state index contributed by atoms with van der Waals surface area (Å²) in [4.78, 5) is 1.25. The van der Waals surface area contributed by atoms with Crippen LogP contribution < -0.4 is 5.32 Å². The van der Waals surface area contributed by atoms with Crippen molar-refractivity contribution < 1.29 is 0 Å². The summed E-state index contributed by atoms with van der Waals surface area (Å²) in [5.74, 6) is 0. The molecule has 0 atom stereocenters. The number of hydrogen-bond donors (Lipinski definition) is 1. The Balaban J connectivity index is 2.08. The maximum absolute atomic E-state index is 9.08. The second kappa shape index (κ2) is 4.16. The largest absolute Gasteiger partial charge is 0.367 e. The molecule has 0 aliphatic heterocycles. The summed E-state index contributed by atoms with van der Waals surface area (Å²) >= 11 is 1.73. The molecule has 0 spiro atoms. The maximum atomic E-state index is 9.08. The molecule has 1 fully saturated rings. The molecule has 0 heterocycles. The smallest absolute Gasteiger partial charge is 0.125 e. The molecule has 15 heavy (non-hydrogen) atoms. The normalized spacial score (nSPS) is 17.6. The van der Waals surface area contributed by atoms with E-state index in [0.717, 1.165) is 24.9 Å². The van der Waals surface area contributed by atoms with Crippen LogP contribution in [0.5, 0.6) is 0 Å². The first-order valence-corrected chi connectivity index (χ1v) is 6.34. The third kappa shape index (κ3) is 2.10. The lowest BCUT2D eigenvalue weighted by atomic mass is 9.78. The van der Waals surface area contributed by atoms with Crippen LogP contribution in [0.4, 0.5) is 5.69 Å². The van der Waals surface area contributed by atoms with E-state index in [-0.39, 0.29) is 5.54 Å². The van der Waals surface area contributed by atoms with E-state index in [4.69, 9.17) is 5.26 Å². The highest BCUT2D eigenvalue weighted by atomic mass is 32.2. The molecule has 0 radical (unpaired) electrons. The Morgan fingerprint density at radius 1 is 1.33 bits per heavy atom. The minimum absolute atomic E-state index is 0.291. The number of nitriles is 1. The van der Waals surface area contributed by atoms with Crippen molar-refractivity contribution in [3.63, 3.8) is 0 Å². The highest BCUT2D eigenvalue weighted by molar-refractivity contribution is 7.98. The number of hydrogen-bond acceptors (Lipinski definition) is 3. The molecule has 0 aromatic heterocycles. The molecule has 1 aromatic rings. The van der Waals surface area contributed by atoms with Crippen molar-refractivity contribution in [3.05, 3.63) is 24.3 Å². The van der Waals surface area contributed by atoms with Gasteiger partial charge in [-0.25, -0.2) is 0 Å². The Morgan fingerprint density at radius 2 is 2.00 bits per heavy atom. The Morgan fingerprint density at radius 3 is 2.40 bits per heavy atom. The first kappa shape index (κ1) is 10.4. The fraction of sp³-hybridized carbons (Fsp3) is 0.417. The van der Waals surface area contributed by atoms with Gasteiger partial charge in [-0.3, -0.25) is 0 Å². The maximum Gasteiger partial charge on any atom is 0.125 e. The number of rotatable bonds is 3. The van der Waals surface area contributed by atoms with Gasteiger partial charge in [-0.2, -0.15) is 5.26 Å². The number of benzene rings is 1. The van der Waals surface area contributed by atoms with Crippen molar-refractivity contribution in [2.24, 2.45) is 0 Å². The topological polar surface area (TPSA) is 35.8 Å². The Bertz CT molecular complexity index is 374. The van der Waals surface area contributed by atoms with Gasteiger partial charge in [-0.15, -0.1) is 11.8 Å². The number of anilines is 1. The van der Waals surface area contributed by atoms with Gasteiger partial charge in [-0.1, -0.05) is 0 Å². The molecule has 1 aliphatic rings. The molecular weight excluding hydrogens is 204 g/mol. The Hall–Kier alpha value is -1.14. The van der Waals surface area contributed by atoms with Gasteiger partial charge in [-0.05, 0) is 49.8 Å². The minimum atomic E-state index is -0.291. The lowest BCUT2D eigenvalue weighted by Crippen LogP contribution is -2.43. The van der Waals surface area contributed by atoms with Crippen LogP contribution in [0.3, 0.4) is 0 Å². The van der Waals surface area contributed by atoms with Crippen LogP contribution in [0, 0.1) is 11.3 Å². The van der Waals surface area contributed by atoms with Crippen LogP contribution in [0.1, 0.15) is 19.3 Å². The summed E-state index contributed by atoms with van der Waals surface area (Å²) in [5.41, 5.74) is 0.759. The van der Waals surface area contributed by atoms with E-state index >= 15 is 0 Å². The molecule has 3 heteroatoms. The fourth-order valence-electron chi connectivity index (χ4n) is 1.75. The second-order valence-electron chi connectivity index (χ2n) is 3.90. The van der Waals surface area contributed by atoms with E-state index < -0.39 is 0 Å². The van der Waals surface area contributed by atoms with Crippen LogP contribution in [-0.2, 0) is 0 Å². The predicted octanol–water partition coefficient (Wildman–Crippen LogP) is 3.27. The Kier molecular flexibility index (Phi) is 2.88. The molecule has 0 bridgehead atoms. The lowest BCUT2D eigenvalue weighted by Gasteiger charge is -2.36. The third-order valence-electron chi connectivity index (χ3n) is 2.89. The minimum Gasteiger partial charge on any atom is -0.367 e. The van der Waals surface area contributed by atoms with E-state index in [0.29, 0.717) is 0 Å². The van der Waals surface area contributed by atoms with Crippen LogP contribution in [-0.4, -0.2) is 11.8 Å². The fourth-order valence-corrected chi connectivity index (χ4v) is 2.15. The van der Waals surface area contributed by atoms with E-state index in [1.54, 1.807) is 11.8 Å². The first-order valence-electron chi connectivity index (χ1n) is 5.11. The van der Waals surface area contributed by atoms with Gasteiger partial charge in [0.25, 0.3) is 0 Å². The van der Waals surface area contributed by atoms with Crippen molar-refractivity contribution in [1.82, 2.24) is 0 Å². The monoisotopic (exact) mass is 218 g/mol. The van der Waals surface area contributed by atoms with Gasteiger partial charge in [0, 0.05) is 10.6 Å². The second-order valence-corrected chi connectivity index (χ2v) is 4.78. The Labute approximate surface area is 94.7 Å². The van der Waals surface area contributed by atoms with Crippen LogP contribution in [0.25, 0.3) is 0 Å². The zero-order chi connectivity index (χ0) is 10.7. The summed E-state index contributed by atoms with van der Waals surface area (Å²) in [6.07, 6.45) is 5.15. The molecule has 1 aliphatic carbocycles. The molecule has 2 nitrogen and oxygen atoms in total. The SMILES string of the molecule is CSc1ccc(NC2(C#N)CCC2)cc1. The predicted molar refractivity (Wildman–Crippen MR) is 64.0 cm³/mol. The molecule has 0 amide bonds. The van der Waals surface area contributed by atoms with Crippen molar-refractivity contribution in [2.45, 2.75) is 29.7 Å². The molecular formula is C12H14N2S. The van der Waals surface area contributed by atoms with Gasteiger partial charge in [0.15, 0.2) is 0 Å². The number of thioether (sulfide) groups is 1. The average Bonchev–Trinajstić information content (AvgIpc) is 2.24. The van der Waals surface area contributed by atoms with E-state index in [9.17, 15) is 0 Å². The van der Waals surface area contributed by atoms with Crippen LogP contribution in [0.2, 0.25) is 0 Å². The van der Waals surface area contributed by atoms with Gasteiger partial charge < -0.3 is 5.32 Å². The van der Waals surface area contributed by atoms with E-state index in [2.05, 4.69) is 29.8 Å². The third-order valence-corrected chi connectivity index (χ3v) is 3.64. The average molecular weight is 218 g/mol. The zero-order valence-electron chi connectivity index (χ0n) is 8.79. The number of nitrogens with one attached hydrogen (secondary N) is 1. The van der Waals surface area contributed by atoms with Gasteiger partial charge >= 0.3 is 0 Å². The van der Waals surface area contributed by atoms with Gasteiger partial charge in [0.05, 0.1) is 6.07 Å². The highest BCUT2D eigenvalue weighted by Crippen LogP contribution is 2.34. The van der Waals surface area contributed by atoms with Crippen LogP contribution in [0.15, 0.2) is 29.2 Å². The summed E-state index contributed by atoms with van der Waals surface area (Å²) in [6, 6.07) is 10.6. The molecule has 78 valence electrons. The standard InChI is InChI=1S/C12H14N2S/c1-15-11-5-3-10(4-6-11)14-12(9-13)7-2-8-12/h3-6,14H,2,7-8H2,1H3. The van der Waals surface area contributed by atoms with Crippen molar-refractivity contribution in [3.8, 4) is 6.07 Å². The molecule has 1 saturated carbocycles. The summed E-state index contributed by atoms with van der Waals surface area (Å²) in [6.45, 7) is 0. The summed E-state index contributed by atoms with van der Waals surface area (Å²) in [5, 5.41) is 12.4. The molecule has 0 unspecified atom stereocenters.